The van der Waals surface area contributed by atoms with Crippen molar-refractivity contribution in [1.29, 1.82) is 0 Å². The SMILES string of the molecule is COc1cc(N)c(Cl)cc1C(=O)NCc1c(C)noc1C. The number of nitrogen functional groups attached to an aromatic ring is 1. The first kappa shape index (κ1) is 15.2. The van der Waals surface area contributed by atoms with Gasteiger partial charge in [0.05, 0.1) is 29.1 Å². The lowest BCUT2D eigenvalue weighted by Crippen LogP contribution is -2.24. The van der Waals surface area contributed by atoms with Crippen LogP contribution in [0.25, 0.3) is 0 Å². The molecule has 21 heavy (non-hydrogen) atoms. The number of aryl methyl sites for hydroxylation is 2. The minimum atomic E-state index is -0.311. The summed E-state index contributed by atoms with van der Waals surface area (Å²) in [4.78, 5) is 12.3. The smallest absolute Gasteiger partial charge is 0.255 e. The van der Waals surface area contributed by atoms with Crippen molar-refractivity contribution in [2.75, 3.05) is 12.8 Å². The highest BCUT2D eigenvalue weighted by Gasteiger charge is 2.16. The Balaban J connectivity index is 2.19. The third-order valence-corrected chi connectivity index (χ3v) is 3.50. The van der Waals surface area contributed by atoms with Crippen LogP contribution >= 0.6 is 11.6 Å². The molecular formula is C14H16ClN3O3. The van der Waals surface area contributed by atoms with E-state index in [9.17, 15) is 4.79 Å². The van der Waals surface area contributed by atoms with E-state index in [4.69, 9.17) is 26.6 Å². The van der Waals surface area contributed by atoms with Crippen molar-refractivity contribution >= 4 is 23.2 Å². The highest BCUT2D eigenvalue weighted by Crippen LogP contribution is 2.28. The van der Waals surface area contributed by atoms with Gasteiger partial charge in [-0.3, -0.25) is 4.79 Å². The minimum absolute atomic E-state index is 0.304. The summed E-state index contributed by atoms with van der Waals surface area (Å²) < 4.78 is 10.2. The van der Waals surface area contributed by atoms with Gasteiger partial charge in [0.2, 0.25) is 0 Å². The van der Waals surface area contributed by atoms with Crippen LogP contribution in [0.4, 0.5) is 5.69 Å². The molecule has 1 aromatic heterocycles. The molecule has 0 aliphatic rings. The molecule has 0 saturated heterocycles. The van der Waals surface area contributed by atoms with Crippen LogP contribution in [0.2, 0.25) is 5.02 Å². The van der Waals surface area contributed by atoms with Gasteiger partial charge >= 0.3 is 0 Å². The molecule has 3 N–H and O–H groups in total. The maximum absolute atomic E-state index is 12.3. The molecule has 0 bridgehead atoms. The third-order valence-electron chi connectivity index (χ3n) is 3.17. The Hall–Kier alpha value is -2.21. The van der Waals surface area contributed by atoms with Crippen molar-refractivity contribution in [2.24, 2.45) is 0 Å². The van der Waals surface area contributed by atoms with E-state index in [-0.39, 0.29) is 5.91 Å². The number of nitrogens with zero attached hydrogens (tertiary/aromatic N) is 1. The number of nitrogens with one attached hydrogen (secondary N) is 1. The molecule has 0 aliphatic heterocycles. The van der Waals surface area contributed by atoms with Gasteiger partial charge < -0.3 is 20.3 Å². The molecule has 0 spiro atoms. The first-order valence-electron chi connectivity index (χ1n) is 6.27. The van der Waals surface area contributed by atoms with Gasteiger partial charge in [0, 0.05) is 18.2 Å². The number of ether oxygens (including phenoxy) is 1. The fourth-order valence-corrected chi connectivity index (χ4v) is 2.10. The van der Waals surface area contributed by atoms with E-state index < -0.39 is 0 Å². The summed E-state index contributed by atoms with van der Waals surface area (Å²) in [7, 11) is 1.47. The Bertz CT molecular complexity index is 663. The zero-order chi connectivity index (χ0) is 15.6. The van der Waals surface area contributed by atoms with Gasteiger partial charge in [0.25, 0.3) is 5.91 Å². The molecule has 1 aromatic carbocycles. The first-order chi connectivity index (χ1) is 9.93. The fourth-order valence-electron chi connectivity index (χ4n) is 1.93. The van der Waals surface area contributed by atoms with Crippen LogP contribution in [0, 0.1) is 13.8 Å². The second-order valence-corrected chi connectivity index (χ2v) is 4.97. The second kappa shape index (κ2) is 6.05. The van der Waals surface area contributed by atoms with E-state index in [1.54, 1.807) is 6.92 Å². The van der Waals surface area contributed by atoms with E-state index in [2.05, 4.69) is 10.5 Å². The van der Waals surface area contributed by atoms with Gasteiger partial charge in [-0.05, 0) is 19.9 Å². The van der Waals surface area contributed by atoms with Crippen molar-refractivity contribution in [2.45, 2.75) is 20.4 Å². The summed E-state index contributed by atoms with van der Waals surface area (Å²) in [6.07, 6.45) is 0. The number of amides is 1. The molecule has 7 heteroatoms. The Morgan fingerprint density at radius 1 is 1.48 bits per heavy atom. The number of hydrogen-bond acceptors (Lipinski definition) is 5. The number of carbonyl (C=O) groups is 1. The standard InChI is InChI=1S/C14H16ClN3O3/c1-7-10(8(2)21-18-7)6-17-14(19)9-4-11(15)12(16)5-13(9)20-3/h4-5H,6,16H2,1-3H3,(H,17,19). The molecule has 0 atom stereocenters. The molecule has 0 aliphatic carbocycles. The van der Waals surface area contributed by atoms with Crippen molar-refractivity contribution in [3.8, 4) is 5.75 Å². The minimum Gasteiger partial charge on any atom is -0.496 e. The van der Waals surface area contributed by atoms with Gasteiger partial charge in [-0.2, -0.15) is 0 Å². The maximum atomic E-state index is 12.3. The molecule has 0 fully saturated rings. The largest absolute Gasteiger partial charge is 0.496 e. The summed E-state index contributed by atoms with van der Waals surface area (Å²) in [5, 5.41) is 6.93. The number of nitrogens with two attached hydrogens (primary N) is 1. The zero-order valence-electron chi connectivity index (χ0n) is 12.0. The third kappa shape index (κ3) is 3.11. The Morgan fingerprint density at radius 2 is 2.19 bits per heavy atom. The van der Waals surface area contributed by atoms with E-state index in [1.807, 2.05) is 6.92 Å². The Kier molecular flexibility index (Phi) is 4.37. The lowest BCUT2D eigenvalue weighted by Gasteiger charge is -2.11. The highest BCUT2D eigenvalue weighted by atomic mass is 35.5. The number of anilines is 1. The van der Waals surface area contributed by atoms with Crippen molar-refractivity contribution < 1.29 is 14.1 Å². The molecule has 0 radical (unpaired) electrons. The second-order valence-electron chi connectivity index (χ2n) is 4.56. The van der Waals surface area contributed by atoms with E-state index in [1.165, 1.54) is 19.2 Å². The zero-order valence-corrected chi connectivity index (χ0v) is 12.7. The van der Waals surface area contributed by atoms with Crippen LogP contribution in [-0.4, -0.2) is 18.2 Å². The summed E-state index contributed by atoms with van der Waals surface area (Å²) in [6, 6.07) is 3.01. The number of halogens is 1. The predicted octanol–water partition coefficient (Wildman–Crippen LogP) is 2.47. The molecule has 0 saturated carbocycles. The molecular weight excluding hydrogens is 294 g/mol. The molecule has 6 nitrogen and oxygen atoms in total. The topological polar surface area (TPSA) is 90.4 Å². The van der Waals surface area contributed by atoms with Crippen LogP contribution in [0.5, 0.6) is 5.75 Å². The number of carbonyl (C=O) groups excluding carboxylic acids is 1. The van der Waals surface area contributed by atoms with E-state index in [0.717, 1.165) is 11.3 Å². The summed E-state index contributed by atoms with van der Waals surface area (Å²) in [5.41, 5.74) is 7.97. The van der Waals surface area contributed by atoms with Crippen molar-refractivity contribution in [3.05, 3.63) is 39.7 Å². The normalized spacial score (nSPS) is 10.5. The monoisotopic (exact) mass is 309 g/mol. The molecule has 112 valence electrons. The summed E-state index contributed by atoms with van der Waals surface area (Å²) in [5.74, 6) is 0.733. The van der Waals surface area contributed by atoms with Crippen LogP contribution < -0.4 is 15.8 Å². The van der Waals surface area contributed by atoms with Crippen molar-refractivity contribution in [1.82, 2.24) is 10.5 Å². The van der Waals surface area contributed by atoms with Crippen LogP contribution in [0.1, 0.15) is 27.4 Å². The molecule has 1 heterocycles. The molecule has 0 unspecified atom stereocenters. The Morgan fingerprint density at radius 3 is 2.76 bits per heavy atom. The van der Waals surface area contributed by atoms with E-state index >= 15 is 0 Å². The van der Waals surface area contributed by atoms with Gasteiger partial charge in [0.1, 0.15) is 11.5 Å². The molecule has 2 aromatic rings. The van der Waals surface area contributed by atoms with Crippen LogP contribution in [0.15, 0.2) is 16.7 Å². The lowest BCUT2D eigenvalue weighted by atomic mass is 10.1. The lowest BCUT2D eigenvalue weighted by molar-refractivity contribution is 0.0948. The number of hydrogen-bond donors (Lipinski definition) is 2. The highest BCUT2D eigenvalue weighted by molar-refractivity contribution is 6.33. The number of rotatable bonds is 4. The summed E-state index contributed by atoms with van der Waals surface area (Å²) >= 11 is 5.95. The fraction of sp³-hybridized carbons (Fsp3) is 0.286. The maximum Gasteiger partial charge on any atom is 0.255 e. The molecule has 2 rings (SSSR count). The summed E-state index contributed by atoms with van der Waals surface area (Å²) in [6.45, 7) is 3.92. The average Bonchev–Trinajstić information content (AvgIpc) is 2.78. The van der Waals surface area contributed by atoms with E-state index in [0.29, 0.717) is 34.3 Å². The quantitative estimate of drug-likeness (QED) is 0.847. The van der Waals surface area contributed by atoms with Crippen molar-refractivity contribution in [3.63, 3.8) is 0 Å². The molecule has 1 amide bonds. The number of aromatic nitrogens is 1. The van der Waals surface area contributed by atoms with Gasteiger partial charge in [0.15, 0.2) is 0 Å². The number of methoxy groups -OCH3 is 1. The van der Waals surface area contributed by atoms with Gasteiger partial charge in [-0.15, -0.1) is 0 Å². The number of benzene rings is 1. The van der Waals surface area contributed by atoms with Crippen LogP contribution in [0.3, 0.4) is 0 Å². The Labute approximate surface area is 127 Å². The average molecular weight is 310 g/mol. The van der Waals surface area contributed by atoms with Gasteiger partial charge in [-0.25, -0.2) is 0 Å². The van der Waals surface area contributed by atoms with Gasteiger partial charge in [-0.1, -0.05) is 16.8 Å². The first-order valence-corrected chi connectivity index (χ1v) is 6.64. The van der Waals surface area contributed by atoms with Crippen LogP contribution in [-0.2, 0) is 6.54 Å². The predicted molar refractivity (Wildman–Crippen MR) is 79.6 cm³/mol.